The lowest BCUT2D eigenvalue weighted by molar-refractivity contribution is -0.140. The molecule has 1 N–H and O–H groups in total. The summed E-state index contributed by atoms with van der Waals surface area (Å²) >= 11 is 3.51. The first-order chi connectivity index (χ1) is 22.8. The summed E-state index contributed by atoms with van der Waals surface area (Å²) in [5.74, 6) is -0.281. The number of benzene rings is 4. The summed E-state index contributed by atoms with van der Waals surface area (Å²) in [4.78, 5) is 30.0. The Morgan fingerprint density at radius 3 is 2.06 bits per heavy atom. The van der Waals surface area contributed by atoms with E-state index in [1.807, 2.05) is 88.4 Å². The number of ether oxygens (including phenoxy) is 2. The highest BCUT2D eigenvalue weighted by atomic mass is 79.9. The molecule has 0 aromatic heterocycles. The monoisotopic (exact) mass is 735 g/mol. The van der Waals surface area contributed by atoms with Crippen molar-refractivity contribution < 1.29 is 27.5 Å². The molecule has 4 aromatic carbocycles. The van der Waals surface area contributed by atoms with Crippen molar-refractivity contribution in [1.82, 2.24) is 10.2 Å². The molecule has 0 radical (unpaired) electrons. The highest BCUT2D eigenvalue weighted by Gasteiger charge is 2.35. The molecule has 0 aliphatic heterocycles. The molecule has 0 unspecified atom stereocenters. The van der Waals surface area contributed by atoms with Gasteiger partial charge in [-0.15, -0.1) is 0 Å². The lowest BCUT2D eigenvalue weighted by atomic mass is 10.0. The van der Waals surface area contributed by atoms with E-state index in [4.69, 9.17) is 9.47 Å². The smallest absolute Gasteiger partial charge is 0.264 e. The molecule has 4 rings (SSSR count). The Labute approximate surface area is 292 Å². The fraction of sp³-hybridized carbons (Fsp3) is 0.297. The van der Waals surface area contributed by atoms with Crippen molar-refractivity contribution in [2.24, 2.45) is 0 Å². The number of carbonyl (C=O) groups excluding carboxylic acids is 2. The second-order valence-electron chi connectivity index (χ2n) is 11.9. The second-order valence-corrected chi connectivity index (χ2v) is 14.7. The standard InChI is InChI=1S/C37H42BrN3O6S/c1-25(2)39-37(43)33(21-28-11-8-7-9-12-28)40(23-29-13-10-14-30(38)20-29)36(42)24-41(31-18-26(3)17-27(4)19-31)48(44,45)32-15-16-34(46-5)35(22-32)47-6/h7-20,22,25,33H,21,23-24H2,1-6H3,(H,39,43)/t33-/m0/s1. The van der Waals surface area contributed by atoms with E-state index >= 15 is 0 Å². The van der Waals surface area contributed by atoms with Crippen molar-refractivity contribution in [1.29, 1.82) is 0 Å². The number of hydrogen-bond donors (Lipinski definition) is 1. The average molecular weight is 737 g/mol. The Morgan fingerprint density at radius 1 is 0.812 bits per heavy atom. The van der Waals surface area contributed by atoms with E-state index in [9.17, 15) is 18.0 Å². The summed E-state index contributed by atoms with van der Waals surface area (Å²) in [6.07, 6.45) is 0.227. The van der Waals surface area contributed by atoms with Gasteiger partial charge in [-0.2, -0.15) is 0 Å². The van der Waals surface area contributed by atoms with Crippen molar-refractivity contribution >= 4 is 43.5 Å². The van der Waals surface area contributed by atoms with Crippen LogP contribution in [0.25, 0.3) is 0 Å². The maximum absolute atomic E-state index is 14.7. The quantitative estimate of drug-likeness (QED) is 0.160. The predicted octanol–water partition coefficient (Wildman–Crippen LogP) is 6.44. The first-order valence-electron chi connectivity index (χ1n) is 15.5. The van der Waals surface area contributed by atoms with Crippen LogP contribution in [0.3, 0.4) is 0 Å². The summed E-state index contributed by atoms with van der Waals surface area (Å²) < 4.78 is 41.6. The molecule has 0 aliphatic rings. The van der Waals surface area contributed by atoms with Gasteiger partial charge in [0.15, 0.2) is 11.5 Å². The molecule has 0 bridgehead atoms. The fourth-order valence-corrected chi connectivity index (χ4v) is 7.35. The minimum Gasteiger partial charge on any atom is -0.493 e. The van der Waals surface area contributed by atoms with Crippen LogP contribution in [0, 0.1) is 13.8 Å². The minimum absolute atomic E-state index is 0.0678. The Kier molecular flexibility index (Phi) is 12.3. The van der Waals surface area contributed by atoms with Gasteiger partial charge in [0.25, 0.3) is 10.0 Å². The van der Waals surface area contributed by atoms with Crippen molar-refractivity contribution in [3.8, 4) is 11.5 Å². The summed E-state index contributed by atoms with van der Waals surface area (Å²) in [7, 11) is -1.44. The molecule has 48 heavy (non-hydrogen) atoms. The zero-order valence-electron chi connectivity index (χ0n) is 28.1. The number of aryl methyl sites for hydroxylation is 2. The highest BCUT2D eigenvalue weighted by Crippen LogP contribution is 2.33. The van der Waals surface area contributed by atoms with Crippen LogP contribution in [0.5, 0.6) is 11.5 Å². The molecule has 4 aromatic rings. The molecule has 0 saturated heterocycles. The van der Waals surface area contributed by atoms with Crippen molar-refractivity contribution in [2.75, 3.05) is 25.1 Å². The topological polar surface area (TPSA) is 105 Å². The molecule has 0 fully saturated rings. The van der Waals surface area contributed by atoms with Crippen LogP contribution in [0.4, 0.5) is 5.69 Å². The SMILES string of the molecule is COc1ccc(S(=O)(=O)N(CC(=O)N(Cc2cccc(Br)c2)[C@@H](Cc2ccccc2)C(=O)NC(C)C)c2cc(C)cc(C)c2)cc1OC. The summed E-state index contributed by atoms with van der Waals surface area (Å²) in [5.41, 5.74) is 3.61. The molecular formula is C37H42BrN3O6S. The summed E-state index contributed by atoms with van der Waals surface area (Å²) in [5, 5.41) is 2.98. The van der Waals surface area contributed by atoms with Gasteiger partial charge in [-0.1, -0.05) is 64.5 Å². The number of halogens is 1. The second kappa shape index (κ2) is 16.2. The third kappa shape index (κ3) is 9.17. The van der Waals surface area contributed by atoms with Crippen molar-refractivity contribution in [2.45, 2.75) is 57.6 Å². The van der Waals surface area contributed by atoms with E-state index in [1.165, 1.54) is 37.3 Å². The molecule has 0 saturated carbocycles. The van der Waals surface area contributed by atoms with Gasteiger partial charge in [-0.05, 0) is 86.3 Å². The van der Waals surface area contributed by atoms with Crippen molar-refractivity contribution in [3.05, 3.63) is 118 Å². The zero-order chi connectivity index (χ0) is 35.0. The number of rotatable bonds is 14. The Hall–Kier alpha value is -4.35. The van der Waals surface area contributed by atoms with Crippen LogP contribution >= 0.6 is 15.9 Å². The van der Waals surface area contributed by atoms with Crippen LogP contribution < -0.4 is 19.1 Å². The van der Waals surface area contributed by atoms with Gasteiger partial charge < -0.3 is 19.7 Å². The summed E-state index contributed by atoms with van der Waals surface area (Å²) in [6, 6.07) is 25.5. The summed E-state index contributed by atoms with van der Waals surface area (Å²) in [6.45, 7) is 6.95. The highest BCUT2D eigenvalue weighted by molar-refractivity contribution is 9.10. The largest absolute Gasteiger partial charge is 0.493 e. The number of anilines is 1. The maximum Gasteiger partial charge on any atom is 0.264 e. The molecular weight excluding hydrogens is 694 g/mol. The van der Waals surface area contributed by atoms with Gasteiger partial charge in [0.2, 0.25) is 11.8 Å². The number of carbonyl (C=O) groups is 2. The van der Waals surface area contributed by atoms with Gasteiger partial charge in [-0.3, -0.25) is 13.9 Å². The molecule has 11 heteroatoms. The van der Waals surface area contributed by atoms with E-state index in [0.29, 0.717) is 11.4 Å². The number of hydrogen-bond acceptors (Lipinski definition) is 6. The van der Waals surface area contributed by atoms with Gasteiger partial charge in [-0.25, -0.2) is 8.42 Å². The zero-order valence-corrected chi connectivity index (χ0v) is 30.5. The molecule has 0 aliphatic carbocycles. The number of sulfonamides is 1. The normalized spacial score (nSPS) is 11.9. The average Bonchev–Trinajstić information content (AvgIpc) is 3.04. The van der Waals surface area contributed by atoms with Crippen LogP contribution in [-0.4, -0.2) is 58.0 Å². The van der Waals surface area contributed by atoms with E-state index in [1.54, 1.807) is 12.1 Å². The van der Waals surface area contributed by atoms with Crippen LogP contribution in [0.15, 0.2) is 100 Å². The Bertz CT molecular complexity index is 1830. The number of methoxy groups -OCH3 is 2. The van der Waals surface area contributed by atoms with E-state index in [2.05, 4.69) is 21.2 Å². The van der Waals surface area contributed by atoms with Gasteiger partial charge >= 0.3 is 0 Å². The molecule has 254 valence electrons. The fourth-order valence-electron chi connectivity index (χ4n) is 5.49. The molecule has 0 spiro atoms. The van der Waals surface area contributed by atoms with E-state index in [0.717, 1.165) is 31.0 Å². The Morgan fingerprint density at radius 2 is 1.46 bits per heavy atom. The van der Waals surface area contributed by atoms with Gasteiger partial charge in [0.1, 0.15) is 12.6 Å². The van der Waals surface area contributed by atoms with Crippen LogP contribution in [0.2, 0.25) is 0 Å². The number of amides is 2. The van der Waals surface area contributed by atoms with Crippen LogP contribution in [0.1, 0.15) is 36.1 Å². The Balaban J connectivity index is 1.86. The van der Waals surface area contributed by atoms with Gasteiger partial charge in [0, 0.05) is 29.5 Å². The molecule has 1 atom stereocenters. The molecule has 9 nitrogen and oxygen atoms in total. The number of nitrogens with one attached hydrogen (secondary N) is 1. The van der Waals surface area contributed by atoms with Crippen molar-refractivity contribution in [3.63, 3.8) is 0 Å². The first kappa shape index (κ1) is 36.5. The maximum atomic E-state index is 14.7. The van der Waals surface area contributed by atoms with E-state index < -0.39 is 28.5 Å². The predicted molar refractivity (Wildman–Crippen MR) is 192 cm³/mol. The molecule has 2 amide bonds. The minimum atomic E-state index is -4.33. The third-order valence-electron chi connectivity index (χ3n) is 7.66. The lowest BCUT2D eigenvalue weighted by Crippen LogP contribution is -2.54. The van der Waals surface area contributed by atoms with E-state index in [-0.39, 0.29) is 35.6 Å². The molecule has 0 heterocycles. The van der Waals surface area contributed by atoms with Gasteiger partial charge in [0.05, 0.1) is 24.8 Å². The number of nitrogens with zero attached hydrogens (tertiary/aromatic N) is 2. The van der Waals surface area contributed by atoms with Crippen LogP contribution in [-0.2, 0) is 32.6 Å². The third-order valence-corrected chi connectivity index (χ3v) is 9.92. The lowest BCUT2D eigenvalue weighted by Gasteiger charge is -2.34. The first-order valence-corrected chi connectivity index (χ1v) is 17.8.